The lowest BCUT2D eigenvalue weighted by atomic mass is 9.94. The maximum absolute atomic E-state index is 12.5. The van der Waals surface area contributed by atoms with Gasteiger partial charge in [0.25, 0.3) is 0 Å². The summed E-state index contributed by atoms with van der Waals surface area (Å²) in [6.07, 6.45) is 0. The van der Waals surface area contributed by atoms with Gasteiger partial charge in [0.1, 0.15) is 12.4 Å². The fourth-order valence-electron chi connectivity index (χ4n) is 2.51. The lowest BCUT2D eigenvalue weighted by Gasteiger charge is -2.25. The summed E-state index contributed by atoms with van der Waals surface area (Å²) in [5.74, 6) is 0.561. The first kappa shape index (κ1) is 18.0. The maximum atomic E-state index is 12.5. The number of carbonyl (C=O) groups excluding carboxylic acids is 1. The number of nitrogens with zero attached hydrogens (tertiary/aromatic N) is 1. The van der Waals surface area contributed by atoms with E-state index in [1.807, 2.05) is 68.4 Å². The molecule has 4 heteroatoms. The van der Waals surface area contributed by atoms with Crippen LogP contribution in [-0.4, -0.2) is 31.0 Å². The van der Waals surface area contributed by atoms with Crippen LogP contribution in [0.25, 0.3) is 0 Å². The molecule has 0 aliphatic rings. The zero-order valence-electron chi connectivity index (χ0n) is 14.6. The van der Waals surface area contributed by atoms with Gasteiger partial charge in [0, 0.05) is 13.1 Å². The van der Waals surface area contributed by atoms with Crippen molar-refractivity contribution in [2.24, 2.45) is 11.7 Å². The zero-order chi connectivity index (χ0) is 17.5. The highest BCUT2D eigenvalue weighted by Crippen LogP contribution is 2.20. The van der Waals surface area contributed by atoms with Crippen LogP contribution >= 0.6 is 0 Å². The Hall–Kier alpha value is -2.33. The van der Waals surface area contributed by atoms with E-state index in [0.717, 1.165) is 11.3 Å². The molecule has 0 radical (unpaired) electrons. The van der Waals surface area contributed by atoms with Crippen molar-refractivity contribution in [1.29, 1.82) is 0 Å². The first-order valence-electron chi connectivity index (χ1n) is 8.24. The highest BCUT2D eigenvalue weighted by Gasteiger charge is 2.24. The molecule has 0 fully saturated rings. The standard InChI is InChI=1S/C20H26N2O2/c1-15-9-11-18(12-10-15)24-14-13-22(3)20(23)16(2)19(21)17-7-5-4-6-8-17/h4-12,16,19H,13-14,21H2,1-3H3. The van der Waals surface area contributed by atoms with Gasteiger partial charge >= 0.3 is 0 Å². The Morgan fingerprint density at radius 2 is 1.75 bits per heavy atom. The zero-order valence-corrected chi connectivity index (χ0v) is 14.6. The van der Waals surface area contributed by atoms with Crippen molar-refractivity contribution in [3.63, 3.8) is 0 Å². The van der Waals surface area contributed by atoms with Crippen LogP contribution in [-0.2, 0) is 4.79 Å². The number of nitrogens with two attached hydrogens (primary N) is 1. The SMILES string of the molecule is Cc1ccc(OCCN(C)C(=O)C(C)C(N)c2ccccc2)cc1. The van der Waals surface area contributed by atoms with Gasteiger partial charge in [-0.1, -0.05) is 55.0 Å². The van der Waals surface area contributed by atoms with Gasteiger partial charge in [0.2, 0.25) is 5.91 Å². The van der Waals surface area contributed by atoms with Crippen molar-refractivity contribution in [1.82, 2.24) is 4.90 Å². The number of hydrogen-bond acceptors (Lipinski definition) is 3. The average Bonchev–Trinajstić information content (AvgIpc) is 2.62. The molecule has 2 rings (SSSR count). The minimum atomic E-state index is -0.306. The molecule has 2 aromatic rings. The third-order valence-electron chi connectivity index (χ3n) is 4.21. The quantitative estimate of drug-likeness (QED) is 0.850. The Kier molecular flexibility index (Phi) is 6.38. The monoisotopic (exact) mass is 326 g/mol. The van der Waals surface area contributed by atoms with Crippen LogP contribution in [0.2, 0.25) is 0 Å². The number of amides is 1. The molecule has 0 heterocycles. The lowest BCUT2D eigenvalue weighted by Crippen LogP contribution is -2.39. The predicted octanol–water partition coefficient (Wildman–Crippen LogP) is 3.17. The number of carbonyl (C=O) groups is 1. The van der Waals surface area contributed by atoms with Gasteiger partial charge in [-0.2, -0.15) is 0 Å². The summed E-state index contributed by atoms with van der Waals surface area (Å²) in [6.45, 7) is 4.89. The third-order valence-corrected chi connectivity index (χ3v) is 4.21. The number of likely N-dealkylation sites (N-methyl/N-ethyl adjacent to an activating group) is 1. The van der Waals surface area contributed by atoms with Gasteiger partial charge in [-0.3, -0.25) is 4.79 Å². The van der Waals surface area contributed by atoms with Crippen LogP contribution in [0.1, 0.15) is 24.1 Å². The van der Waals surface area contributed by atoms with E-state index in [4.69, 9.17) is 10.5 Å². The molecule has 0 aliphatic heterocycles. The van der Waals surface area contributed by atoms with E-state index in [1.165, 1.54) is 5.56 Å². The lowest BCUT2D eigenvalue weighted by molar-refractivity contribution is -0.134. The van der Waals surface area contributed by atoms with Crippen molar-refractivity contribution in [2.75, 3.05) is 20.2 Å². The summed E-state index contributed by atoms with van der Waals surface area (Å²) < 4.78 is 5.68. The fourth-order valence-corrected chi connectivity index (χ4v) is 2.51. The molecule has 2 N–H and O–H groups in total. The largest absolute Gasteiger partial charge is 0.492 e. The predicted molar refractivity (Wildman–Crippen MR) is 96.8 cm³/mol. The van der Waals surface area contributed by atoms with E-state index in [2.05, 4.69) is 0 Å². The van der Waals surface area contributed by atoms with Gasteiger partial charge in [-0.05, 0) is 24.6 Å². The van der Waals surface area contributed by atoms with E-state index in [-0.39, 0.29) is 17.9 Å². The molecule has 2 aromatic carbocycles. The molecular formula is C20H26N2O2. The second-order valence-electron chi connectivity index (χ2n) is 6.15. The molecule has 0 spiro atoms. The highest BCUT2D eigenvalue weighted by molar-refractivity contribution is 5.79. The normalized spacial score (nSPS) is 13.2. The number of benzene rings is 2. The molecule has 4 nitrogen and oxygen atoms in total. The van der Waals surface area contributed by atoms with E-state index >= 15 is 0 Å². The van der Waals surface area contributed by atoms with E-state index < -0.39 is 0 Å². The topological polar surface area (TPSA) is 55.6 Å². The molecule has 2 unspecified atom stereocenters. The van der Waals surface area contributed by atoms with Gasteiger partial charge < -0.3 is 15.4 Å². The molecule has 0 saturated heterocycles. The molecule has 1 amide bonds. The Morgan fingerprint density at radius 3 is 2.38 bits per heavy atom. The molecule has 0 saturated carbocycles. The van der Waals surface area contributed by atoms with E-state index in [9.17, 15) is 4.79 Å². The highest BCUT2D eigenvalue weighted by atomic mass is 16.5. The van der Waals surface area contributed by atoms with Crippen LogP contribution < -0.4 is 10.5 Å². The van der Waals surface area contributed by atoms with Gasteiger partial charge in [0.15, 0.2) is 0 Å². The summed E-state index contributed by atoms with van der Waals surface area (Å²) in [4.78, 5) is 14.2. The second kappa shape index (κ2) is 8.50. The minimum absolute atomic E-state index is 0.0267. The first-order chi connectivity index (χ1) is 11.5. The molecule has 0 aromatic heterocycles. The summed E-state index contributed by atoms with van der Waals surface area (Å²) in [6, 6.07) is 17.3. The Bertz CT molecular complexity index is 640. The molecule has 0 bridgehead atoms. The van der Waals surface area contributed by atoms with Crippen LogP contribution in [0, 0.1) is 12.8 Å². The number of rotatable bonds is 7. The number of hydrogen-bond donors (Lipinski definition) is 1. The van der Waals surface area contributed by atoms with Crippen LogP contribution in [0.5, 0.6) is 5.75 Å². The molecule has 0 aliphatic carbocycles. The Labute approximate surface area is 144 Å². The number of aryl methyl sites for hydroxylation is 1. The maximum Gasteiger partial charge on any atom is 0.227 e. The number of ether oxygens (including phenoxy) is 1. The molecule has 24 heavy (non-hydrogen) atoms. The summed E-state index contributed by atoms with van der Waals surface area (Å²) >= 11 is 0. The average molecular weight is 326 g/mol. The van der Waals surface area contributed by atoms with Crippen LogP contribution in [0.3, 0.4) is 0 Å². The van der Waals surface area contributed by atoms with Crippen molar-refractivity contribution in [3.8, 4) is 5.75 Å². The summed E-state index contributed by atoms with van der Waals surface area (Å²) in [5.41, 5.74) is 8.40. The van der Waals surface area contributed by atoms with Crippen LogP contribution in [0.4, 0.5) is 0 Å². The minimum Gasteiger partial charge on any atom is -0.492 e. The van der Waals surface area contributed by atoms with Crippen molar-refractivity contribution >= 4 is 5.91 Å². The van der Waals surface area contributed by atoms with Gasteiger partial charge in [0.05, 0.1) is 12.5 Å². The van der Waals surface area contributed by atoms with Crippen LogP contribution in [0.15, 0.2) is 54.6 Å². The third kappa shape index (κ3) is 4.83. The molecule has 128 valence electrons. The van der Waals surface area contributed by atoms with Gasteiger partial charge in [-0.25, -0.2) is 0 Å². The summed E-state index contributed by atoms with van der Waals surface area (Å²) in [7, 11) is 1.79. The molecular weight excluding hydrogens is 300 g/mol. The van der Waals surface area contributed by atoms with E-state index in [1.54, 1.807) is 11.9 Å². The van der Waals surface area contributed by atoms with Gasteiger partial charge in [-0.15, -0.1) is 0 Å². The van der Waals surface area contributed by atoms with Crippen molar-refractivity contribution in [2.45, 2.75) is 19.9 Å². The Balaban J connectivity index is 1.83. The second-order valence-corrected chi connectivity index (χ2v) is 6.15. The van der Waals surface area contributed by atoms with E-state index in [0.29, 0.717) is 13.2 Å². The Morgan fingerprint density at radius 1 is 1.12 bits per heavy atom. The summed E-state index contributed by atoms with van der Waals surface area (Å²) in [5, 5.41) is 0. The fraction of sp³-hybridized carbons (Fsp3) is 0.350. The van der Waals surface area contributed by atoms with Crippen molar-refractivity contribution < 1.29 is 9.53 Å². The van der Waals surface area contributed by atoms with Crippen molar-refractivity contribution in [3.05, 3.63) is 65.7 Å². The molecule has 2 atom stereocenters. The smallest absolute Gasteiger partial charge is 0.227 e. The first-order valence-corrected chi connectivity index (χ1v) is 8.24.